The fraction of sp³-hybridized carbons (Fsp3) is 0.312. The largest absolute Gasteiger partial charge is 0.383 e. The molecule has 2 rings (SSSR count). The van der Waals surface area contributed by atoms with Crippen molar-refractivity contribution in [3.63, 3.8) is 0 Å². The molecule has 5 nitrogen and oxygen atoms in total. The Morgan fingerprint density at radius 1 is 1.30 bits per heavy atom. The monoisotopic (exact) mass is 353 g/mol. The molecule has 0 unspecified atom stereocenters. The highest BCUT2D eigenvalue weighted by Gasteiger charge is 2.22. The number of benzene rings is 1. The first-order valence-electron chi connectivity index (χ1n) is 6.93. The predicted molar refractivity (Wildman–Crippen MR) is 91.4 cm³/mol. The van der Waals surface area contributed by atoms with Gasteiger partial charge in [0.1, 0.15) is 5.69 Å². The summed E-state index contributed by atoms with van der Waals surface area (Å²) in [7, 11) is 1.68. The van der Waals surface area contributed by atoms with Gasteiger partial charge in [-0.15, -0.1) is 0 Å². The molecule has 0 atom stereocenters. The molecule has 0 saturated heterocycles. The zero-order valence-electron chi connectivity index (χ0n) is 13.3. The summed E-state index contributed by atoms with van der Waals surface area (Å²) >= 11 is 12.0. The fourth-order valence-electron chi connectivity index (χ4n) is 1.83. The number of nitrogens with zero attached hydrogens (tertiary/aromatic N) is 3. The van der Waals surface area contributed by atoms with Gasteiger partial charge in [-0.05, 0) is 18.2 Å². The molecule has 0 amide bonds. The van der Waals surface area contributed by atoms with E-state index in [1.807, 2.05) is 20.8 Å². The van der Waals surface area contributed by atoms with Gasteiger partial charge in [0.25, 0.3) is 0 Å². The summed E-state index contributed by atoms with van der Waals surface area (Å²) in [5.41, 5.74) is 1.44. The lowest BCUT2D eigenvalue weighted by Gasteiger charge is -2.13. The van der Waals surface area contributed by atoms with Crippen molar-refractivity contribution in [2.24, 2.45) is 12.2 Å². The Bertz CT molecular complexity index is 741. The van der Waals surface area contributed by atoms with Crippen LogP contribution in [0.2, 0.25) is 10.0 Å². The summed E-state index contributed by atoms with van der Waals surface area (Å²) in [6.07, 6.45) is 1.31. The number of aryl methyl sites for hydroxylation is 1. The Morgan fingerprint density at radius 3 is 2.43 bits per heavy atom. The average molecular weight is 354 g/mol. The Hall–Kier alpha value is -1.85. The number of oxime groups is 1. The van der Waals surface area contributed by atoms with E-state index in [0.717, 1.165) is 5.69 Å². The summed E-state index contributed by atoms with van der Waals surface area (Å²) in [4.78, 5) is 17.0. The van der Waals surface area contributed by atoms with Crippen molar-refractivity contribution in [2.45, 2.75) is 26.2 Å². The molecular formula is C16H17Cl2N3O2. The van der Waals surface area contributed by atoms with Crippen molar-refractivity contribution in [1.29, 1.82) is 0 Å². The van der Waals surface area contributed by atoms with E-state index in [1.165, 1.54) is 10.9 Å². The molecular weight excluding hydrogens is 337 g/mol. The van der Waals surface area contributed by atoms with Crippen molar-refractivity contribution in [3.8, 4) is 0 Å². The van der Waals surface area contributed by atoms with Gasteiger partial charge in [0.15, 0.2) is 0 Å². The van der Waals surface area contributed by atoms with Gasteiger partial charge < -0.3 is 4.84 Å². The summed E-state index contributed by atoms with van der Waals surface area (Å²) in [6.45, 7) is 6.05. The van der Waals surface area contributed by atoms with Crippen LogP contribution in [0, 0.1) is 0 Å². The van der Waals surface area contributed by atoms with E-state index in [2.05, 4.69) is 10.3 Å². The number of hydrogen-bond donors (Lipinski definition) is 0. The topological polar surface area (TPSA) is 56.5 Å². The molecule has 0 radical (unpaired) electrons. The van der Waals surface area contributed by atoms with Crippen LogP contribution in [0.4, 0.5) is 0 Å². The number of carbonyl (C=O) groups excluding carboxylic acids is 1. The first kappa shape index (κ1) is 17.5. The average Bonchev–Trinajstić information content (AvgIpc) is 2.84. The predicted octanol–water partition coefficient (Wildman–Crippen LogP) is 4.22. The Balaban J connectivity index is 2.14. The lowest BCUT2D eigenvalue weighted by Crippen LogP contribution is -2.12. The van der Waals surface area contributed by atoms with E-state index in [9.17, 15) is 4.79 Å². The van der Waals surface area contributed by atoms with Crippen molar-refractivity contribution >= 4 is 35.4 Å². The summed E-state index contributed by atoms with van der Waals surface area (Å²) in [6, 6.07) is 6.76. The van der Waals surface area contributed by atoms with Crippen molar-refractivity contribution in [3.05, 3.63) is 51.3 Å². The Kier molecular flexibility index (Phi) is 5.12. The normalized spacial score (nSPS) is 11.9. The molecule has 1 aromatic carbocycles. The van der Waals surface area contributed by atoms with Crippen LogP contribution < -0.4 is 0 Å². The number of aromatic nitrogens is 2. The minimum Gasteiger partial charge on any atom is -0.311 e. The van der Waals surface area contributed by atoms with Crippen LogP contribution in [-0.4, -0.2) is 22.0 Å². The van der Waals surface area contributed by atoms with Crippen molar-refractivity contribution in [2.75, 3.05) is 0 Å². The third-order valence-corrected chi connectivity index (χ3v) is 3.83. The van der Waals surface area contributed by atoms with E-state index in [0.29, 0.717) is 21.3 Å². The highest BCUT2D eigenvalue weighted by molar-refractivity contribution is 6.38. The third kappa shape index (κ3) is 4.12. The second-order valence-electron chi connectivity index (χ2n) is 6.04. The molecule has 0 aliphatic carbocycles. The Labute approximate surface area is 144 Å². The molecule has 1 aromatic heterocycles. The summed E-state index contributed by atoms with van der Waals surface area (Å²) in [5.74, 6) is -0.602. The molecule has 0 fully saturated rings. The van der Waals surface area contributed by atoms with Crippen LogP contribution in [-0.2, 0) is 17.3 Å². The molecule has 23 heavy (non-hydrogen) atoms. The van der Waals surface area contributed by atoms with Gasteiger partial charge in [0.2, 0.25) is 0 Å². The van der Waals surface area contributed by atoms with Gasteiger partial charge in [0, 0.05) is 18.0 Å². The summed E-state index contributed by atoms with van der Waals surface area (Å²) < 4.78 is 1.47. The standard InChI is InChI=1S/C16H17Cl2N3O2/c1-16(2,3)14-8-13(21(4)20-14)15(22)23-19-9-10-11(17)6-5-7-12(10)18/h5-9H,1-4H3/b19-9+. The maximum Gasteiger partial charge on any atom is 0.383 e. The van der Waals surface area contributed by atoms with Crippen molar-refractivity contribution < 1.29 is 9.63 Å². The number of halogens is 2. The molecule has 0 saturated carbocycles. The van der Waals surface area contributed by atoms with Crippen molar-refractivity contribution in [1.82, 2.24) is 9.78 Å². The summed E-state index contributed by atoms with van der Waals surface area (Å²) in [5, 5.41) is 8.83. The molecule has 0 aliphatic heterocycles. The maximum atomic E-state index is 12.1. The van der Waals surface area contributed by atoms with Crippen LogP contribution in [0.15, 0.2) is 29.4 Å². The van der Waals surface area contributed by atoms with E-state index in [-0.39, 0.29) is 5.41 Å². The molecule has 7 heteroatoms. The molecule has 0 aliphatic rings. The lowest BCUT2D eigenvalue weighted by molar-refractivity contribution is 0.0506. The van der Waals surface area contributed by atoms with E-state index in [1.54, 1.807) is 31.3 Å². The minimum absolute atomic E-state index is 0.162. The van der Waals surface area contributed by atoms with E-state index in [4.69, 9.17) is 28.0 Å². The molecule has 1 heterocycles. The Morgan fingerprint density at radius 2 is 1.91 bits per heavy atom. The smallest absolute Gasteiger partial charge is 0.311 e. The van der Waals surface area contributed by atoms with Gasteiger partial charge in [-0.25, -0.2) is 4.79 Å². The second-order valence-corrected chi connectivity index (χ2v) is 6.85. The quantitative estimate of drug-likeness (QED) is 0.471. The van der Waals surface area contributed by atoms with Crippen LogP contribution in [0.1, 0.15) is 42.5 Å². The maximum absolute atomic E-state index is 12.1. The van der Waals surface area contributed by atoms with Crippen LogP contribution in [0.5, 0.6) is 0 Å². The first-order valence-corrected chi connectivity index (χ1v) is 7.69. The van der Waals surface area contributed by atoms with E-state index >= 15 is 0 Å². The van der Waals surface area contributed by atoms with Crippen LogP contribution in [0.25, 0.3) is 0 Å². The molecule has 122 valence electrons. The molecule has 0 bridgehead atoms. The zero-order valence-corrected chi connectivity index (χ0v) is 14.8. The lowest BCUT2D eigenvalue weighted by atomic mass is 9.92. The highest BCUT2D eigenvalue weighted by atomic mass is 35.5. The number of rotatable bonds is 3. The van der Waals surface area contributed by atoms with Gasteiger partial charge in [0.05, 0.1) is 22.0 Å². The van der Waals surface area contributed by atoms with Crippen LogP contribution in [0.3, 0.4) is 0 Å². The highest BCUT2D eigenvalue weighted by Crippen LogP contribution is 2.23. The first-order chi connectivity index (χ1) is 10.7. The number of hydrogen-bond acceptors (Lipinski definition) is 4. The third-order valence-electron chi connectivity index (χ3n) is 3.17. The second kappa shape index (κ2) is 6.72. The molecule has 0 spiro atoms. The SMILES string of the molecule is Cn1nc(C(C)(C)C)cc1C(=O)O/N=C/c1c(Cl)cccc1Cl. The zero-order chi connectivity index (χ0) is 17.2. The van der Waals surface area contributed by atoms with Gasteiger partial charge in [-0.1, -0.05) is 55.2 Å². The van der Waals surface area contributed by atoms with Gasteiger partial charge >= 0.3 is 5.97 Å². The van der Waals surface area contributed by atoms with Gasteiger partial charge in [-0.3, -0.25) is 4.68 Å². The van der Waals surface area contributed by atoms with Gasteiger partial charge in [-0.2, -0.15) is 5.10 Å². The minimum atomic E-state index is -0.602. The van der Waals surface area contributed by atoms with E-state index < -0.39 is 5.97 Å². The molecule has 0 N–H and O–H groups in total. The van der Waals surface area contributed by atoms with Crippen LogP contribution >= 0.6 is 23.2 Å². The number of carbonyl (C=O) groups is 1. The fourth-order valence-corrected chi connectivity index (χ4v) is 2.33. The molecule has 2 aromatic rings.